The van der Waals surface area contributed by atoms with Gasteiger partial charge in [0.2, 0.25) is 0 Å². The van der Waals surface area contributed by atoms with E-state index in [1.165, 1.54) is 31.4 Å². The molecule has 0 spiro atoms. The Morgan fingerprint density at radius 2 is 2.20 bits per heavy atom. The molecule has 4 heteroatoms. The molecule has 1 amide bonds. The summed E-state index contributed by atoms with van der Waals surface area (Å²) in [5.74, 6) is 0.427. The van der Waals surface area contributed by atoms with Gasteiger partial charge in [-0.3, -0.25) is 4.79 Å². The zero-order chi connectivity index (χ0) is 14.5. The third kappa shape index (κ3) is 3.81. The number of benzene rings is 1. The first-order valence-electron chi connectivity index (χ1n) is 7.36. The van der Waals surface area contributed by atoms with E-state index in [0.717, 1.165) is 31.8 Å². The predicted octanol–water partition coefficient (Wildman–Crippen LogP) is 4.63. The van der Waals surface area contributed by atoms with E-state index in [1.54, 1.807) is 6.07 Å². The van der Waals surface area contributed by atoms with Crippen molar-refractivity contribution < 1.29 is 9.18 Å². The van der Waals surface area contributed by atoms with E-state index in [4.69, 9.17) is 0 Å². The summed E-state index contributed by atoms with van der Waals surface area (Å²) >= 11 is 3.28. The average molecular weight is 342 g/mol. The minimum Gasteiger partial charge on any atom is -0.339 e. The van der Waals surface area contributed by atoms with Crippen molar-refractivity contribution in [2.24, 2.45) is 5.92 Å². The van der Waals surface area contributed by atoms with E-state index < -0.39 is 0 Å². The van der Waals surface area contributed by atoms with Crippen LogP contribution >= 0.6 is 15.9 Å². The van der Waals surface area contributed by atoms with Crippen molar-refractivity contribution in [2.75, 3.05) is 13.1 Å². The highest BCUT2D eigenvalue weighted by atomic mass is 79.9. The molecule has 1 aliphatic rings. The van der Waals surface area contributed by atoms with Crippen LogP contribution in [0.5, 0.6) is 0 Å². The number of carbonyl (C=O) groups excluding carboxylic acids is 1. The molecule has 0 aliphatic carbocycles. The lowest BCUT2D eigenvalue weighted by Crippen LogP contribution is -2.32. The second-order valence-corrected chi connectivity index (χ2v) is 6.36. The number of rotatable bonds is 3. The Morgan fingerprint density at radius 1 is 1.40 bits per heavy atom. The molecule has 0 saturated carbocycles. The molecule has 1 atom stereocenters. The van der Waals surface area contributed by atoms with Crippen molar-refractivity contribution in [1.29, 1.82) is 0 Å². The highest BCUT2D eigenvalue weighted by Gasteiger charge is 2.22. The maximum Gasteiger partial charge on any atom is 0.255 e. The minimum absolute atomic E-state index is 0.00836. The monoisotopic (exact) mass is 341 g/mol. The first-order chi connectivity index (χ1) is 9.61. The van der Waals surface area contributed by atoms with E-state index >= 15 is 0 Å². The van der Waals surface area contributed by atoms with Crippen LogP contribution in [-0.4, -0.2) is 23.9 Å². The normalized spacial score (nSPS) is 19.8. The predicted molar refractivity (Wildman–Crippen MR) is 82.3 cm³/mol. The molecule has 20 heavy (non-hydrogen) atoms. The van der Waals surface area contributed by atoms with Gasteiger partial charge < -0.3 is 4.90 Å². The summed E-state index contributed by atoms with van der Waals surface area (Å²) in [4.78, 5) is 14.4. The van der Waals surface area contributed by atoms with E-state index in [1.807, 2.05) is 4.90 Å². The molecule has 1 heterocycles. The van der Waals surface area contributed by atoms with E-state index in [-0.39, 0.29) is 11.7 Å². The molecule has 1 aromatic carbocycles. The minimum atomic E-state index is -0.327. The third-order valence-corrected chi connectivity index (χ3v) is 4.65. The van der Waals surface area contributed by atoms with Crippen LogP contribution in [0.3, 0.4) is 0 Å². The zero-order valence-electron chi connectivity index (χ0n) is 11.9. The number of nitrogens with zero attached hydrogens (tertiary/aromatic N) is 1. The number of likely N-dealkylation sites (tertiary alicyclic amines) is 1. The standard InChI is InChI=1S/C16H21BrFNO/c1-2-4-12-5-3-9-19(10-8-12)16(20)14-7-6-13(18)11-15(14)17/h6-7,11-12H,2-5,8-10H2,1H3. The third-order valence-electron chi connectivity index (χ3n) is 3.99. The van der Waals surface area contributed by atoms with Crippen LogP contribution in [0.25, 0.3) is 0 Å². The van der Waals surface area contributed by atoms with Gasteiger partial charge in [0.25, 0.3) is 5.91 Å². The summed E-state index contributed by atoms with van der Waals surface area (Å²) in [5, 5.41) is 0. The maximum absolute atomic E-state index is 13.1. The molecule has 2 nitrogen and oxygen atoms in total. The lowest BCUT2D eigenvalue weighted by Gasteiger charge is -2.21. The molecular weight excluding hydrogens is 321 g/mol. The molecule has 0 radical (unpaired) electrons. The first-order valence-corrected chi connectivity index (χ1v) is 8.15. The van der Waals surface area contributed by atoms with Crippen molar-refractivity contribution in [3.8, 4) is 0 Å². The topological polar surface area (TPSA) is 20.3 Å². The quantitative estimate of drug-likeness (QED) is 0.784. The molecule has 1 unspecified atom stereocenters. The maximum atomic E-state index is 13.1. The Bertz CT molecular complexity index is 478. The first kappa shape index (κ1) is 15.5. The highest BCUT2D eigenvalue weighted by Crippen LogP contribution is 2.25. The SMILES string of the molecule is CCCC1CCCN(C(=O)c2ccc(F)cc2Br)CC1. The van der Waals surface area contributed by atoms with Crippen molar-refractivity contribution in [3.63, 3.8) is 0 Å². The van der Waals surface area contributed by atoms with Crippen molar-refractivity contribution in [2.45, 2.75) is 39.0 Å². The molecule has 1 aromatic rings. The molecule has 0 N–H and O–H groups in total. The van der Waals surface area contributed by atoms with Crippen LogP contribution in [0.15, 0.2) is 22.7 Å². The molecule has 110 valence electrons. The number of amides is 1. The molecule has 1 aliphatic heterocycles. The fourth-order valence-corrected chi connectivity index (χ4v) is 3.42. The van der Waals surface area contributed by atoms with Gasteiger partial charge in [-0.15, -0.1) is 0 Å². The van der Waals surface area contributed by atoms with Crippen molar-refractivity contribution >= 4 is 21.8 Å². The number of hydrogen-bond donors (Lipinski definition) is 0. The Labute approximate surface area is 128 Å². The van der Waals surface area contributed by atoms with Gasteiger partial charge in [0.15, 0.2) is 0 Å². The van der Waals surface area contributed by atoms with Gasteiger partial charge in [-0.05, 0) is 59.3 Å². The van der Waals surface area contributed by atoms with Crippen molar-refractivity contribution in [1.82, 2.24) is 4.90 Å². The summed E-state index contributed by atoms with van der Waals surface area (Å²) in [6.07, 6.45) is 5.82. The summed E-state index contributed by atoms with van der Waals surface area (Å²) in [6, 6.07) is 4.26. The van der Waals surface area contributed by atoms with Crippen LogP contribution < -0.4 is 0 Å². The zero-order valence-corrected chi connectivity index (χ0v) is 13.5. The lowest BCUT2D eigenvalue weighted by molar-refractivity contribution is 0.0759. The number of carbonyl (C=O) groups is 1. The van der Waals surface area contributed by atoms with Crippen molar-refractivity contribution in [3.05, 3.63) is 34.1 Å². The lowest BCUT2D eigenvalue weighted by atomic mass is 9.96. The summed E-state index contributed by atoms with van der Waals surface area (Å²) in [5.41, 5.74) is 0.556. The van der Waals surface area contributed by atoms with Crippen LogP contribution in [0.2, 0.25) is 0 Å². The molecule has 2 rings (SSSR count). The van der Waals surface area contributed by atoms with Crippen LogP contribution in [0.1, 0.15) is 49.4 Å². The molecule has 0 bridgehead atoms. The van der Waals surface area contributed by atoms with E-state index in [9.17, 15) is 9.18 Å². The number of hydrogen-bond acceptors (Lipinski definition) is 1. The Hall–Kier alpha value is -0.900. The van der Waals surface area contributed by atoms with Gasteiger partial charge in [0.05, 0.1) is 5.56 Å². The second-order valence-electron chi connectivity index (χ2n) is 5.50. The summed E-state index contributed by atoms with van der Waals surface area (Å²) in [7, 11) is 0. The smallest absolute Gasteiger partial charge is 0.255 e. The van der Waals surface area contributed by atoms with Gasteiger partial charge in [0, 0.05) is 17.6 Å². The van der Waals surface area contributed by atoms with Gasteiger partial charge in [-0.1, -0.05) is 19.8 Å². The second kappa shape index (κ2) is 7.21. The fourth-order valence-electron chi connectivity index (χ4n) is 2.90. The van der Waals surface area contributed by atoms with Gasteiger partial charge in [-0.25, -0.2) is 4.39 Å². The van der Waals surface area contributed by atoms with Gasteiger partial charge in [0.1, 0.15) is 5.82 Å². The average Bonchev–Trinajstić information content (AvgIpc) is 2.64. The Morgan fingerprint density at radius 3 is 2.90 bits per heavy atom. The van der Waals surface area contributed by atoms with Crippen LogP contribution in [-0.2, 0) is 0 Å². The molecular formula is C16H21BrFNO. The summed E-state index contributed by atoms with van der Waals surface area (Å²) < 4.78 is 13.6. The van der Waals surface area contributed by atoms with E-state index in [2.05, 4.69) is 22.9 Å². The van der Waals surface area contributed by atoms with Crippen LogP contribution in [0.4, 0.5) is 4.39 Å². The van der Waals surface area contributed by atoms with Gasteiger partial charge >= 0.3 is 0 Å². The number of halogens is 2. The molecule has 1 saturated heterocycles. The molecule has 0 aromatic heterocycles. The summed E-state index contributed by atoms with van der Waals surface area (Å²) in [6.45, 7) is 3.83. The molecule has 1 fully saturated rings. The fraction of sp³-hybridized carbons (Fsp3) is 0.562. The van der Waals surface area contributed by atoms with Gasteiger partial charge in [-0.2, -0.15) is 0 Å². The highest BCUT2D eigenvalue weighted by molar-refractivity contribution is 9.10. The Balaban J connectivity index is 2.05. The van der Waals surface area contributed by atoms with Crippen LogP contribution in [0, 0.1) is 11.7 Å². The van der Waals surface area contributed by atoms with E-state index in [0.29, 0.717) is 10.0 Å². The Kier molecular flexibility index (Phi) is 5.58. The largest absolute Gasteiger partial charge is 0.339 e.